The number of likely N-dealkylation sites (N-methyl/N-ethyl adjacent to an activating group) is 1. The molecule has 2 N–H and O–H groups in total. The average Bonchev–Trinajstić information content (AvgIpc) is 3.33. The van der Waals surface area contributed by atoms with Crippen LogP contribution in [0, 0.1) is 0 Å². The molecule has 0 spiro atoms. The first-order chi connectivity index (χ1) is 17.1. The monoisotopic (exact) mass is 467 g/mol. The first-order valence-electron chi connectivity index (χ1n) is 11.7. The summed E-state index contributed by atoms with van der Waals surface area (Å²) in [4.78, 5) is 32.1. The maximum absolute atomic E-state index is 13.8. The molecular weight excluding hydrogens is 442 g/mol. The Morgan fingerprint density at radius 1 is 1.00 bits per heavy atom. The third-order valence-corrected chi connectivity index (χ3v) is 6.87. The smallest absolute Gasteiger partial charge is 0.254 e. The standard InChI is InChI=1S/C28H25N3O4/c1-31-26(21-15-29-22-11-5-4-8-18(21)22)25(19-9-2-3-10-20(19)28(31)33)27(32)30-14-17-16-34-23-12-6-7-13-24(23)35-17/h2-13,15,17,25-26,29H,14,16H2,1H3,(H,30,32). The normalized spacial score (nSPS) is 21.0. The molecule has 0 aliphatic carbocycles. The highest BCUT2D eigenvalue weighted by Crippen LogP contribution is 2.44. The minimum absolute atomic E-state index is 0.0967. The van der Waals surface area contributed by atoms with Crippen molar-refractivity contribution in [3.63, 3.8) is 0 Å². The van der Waals surface area contributed by atoms with E-state index < -0.39 is 12.0 Å². The predicted octanol–water partition coefficient (Wildman–Crippen LogP) is 4.03. The molecule has 7 nitrogen and oxygen atoms in total. The summed E-state index contributed by atoms with van der Waals surface area (Å²) in [6.07, 6.45) is 1.60. The van der Waals surface area contributed by atoms with Crippen molar-refractivity contribution in [1.29, 1.82) is 0 Å². The van der Waals surface area contributed by atoms with Gasteiger partial charge in [0.25, 0.3) is 5.91 Å². The van der Waals surface area contributed by atoms with Crippen molar-refractivity contribution >= 4 is 22.7 Å². The van der Waals surface area contributed by atoms with Crippen molar-refractivity contribution in [3.8, 4) is 11.5 Å². The molecule has 0 saturated heterocycles. The molecule has 3 aromatic carbocycles. The zero-order chi connectivity index (χ0) is 23.9. The highest BCUT2D eigenvalue weighted by atomic mass is 16.6. The molecule has 3 heterocycles. The van der Waals surface area contributed by atoms with Crippen molar-refractivity contribution in [2.45, 2.75) is 18.1 Å². The SMILES string of the molecule is CN1C(=O)c2ccccc2C(C(=O)NCC2COc3ccccc3O2)C1c1c[nH]c2ccccc12. The fourth-order valence-electron chi connectivity index (χ4n) is 5.17. The summed E-state index contributed by atoms with van der Waals surface area (Å²) < 4.78 is 11.8. The van der Waals surface area contributed by atoms with Crippen LogP contribution >= 0.6 is 0 Å². The summed E-state index contributed by atoms with van der Waals surface area (Å²) >= 11 is 0. The number of rotatable bonds is 4. The maximum atomic E-state index is 13.8. The number of hydrogen-bond acceptors (Lipinski definition) is 4. The molecule has 0 saturated carbocycles. The van der Waals surface area contributed by atoms with E-state index in [1.165, 1.54) is 0 Å². The molecule has 0 fully saturated rings. The molecule has 0 radical (unpaired) electrons. The van der Waals surface area contributed by atoms with Crippen LogP contribution in [0.15, 0.2) is 79.0 Å². The fraction of sp³-hybridized carbons (Fsp3) is 0.214. The molecule has 2 amide bonds. The Balaban J connectivity index is 1.33. The van der Waals surface area contributed by atoms with Gasteiger partial charge >= 0.3 is 0 Å². The molecule has 1 aromatic heterocycles. The largest absolute Gasteiger partial charge is 0.486 e. The number of nitrogens with zero attached hydrogens (tertiary/aromatic N) is 1. The van der Waals surface area contributed by atoms with Crippen LogP contribution in [-0.4, -0.2) is 48.0 Å². The zero-order valence-corrected chi connectivity index (χ0v) is 19.2. The van der Waals surface area contributed by atoms with E-state index in [9.17, 15) is 9.59 Å². The van der Waals surface area contributed by atoms with Crippen molar-refractivity contribution in [3.05, 3.63) is 95.7 Å². The van der Waals surface area contributed by atoms with Crippen molar-refractivity contribution in [2.75, 3.05) is 20.2 Å². The van der Waals surface area contributed by atoms with Crippen LogP contribution in [0.1, 0.15) is 33.4 Å². The number of para-hydroxylation sites is 3. The Bertz CT molecular complexity index is 1430. The second-order valence-corrected chi connectivity index (χ2v) is 8.96. The molecule has 176 valence electrons. The molecule has 0 bridgehead atoms. The van der Waals surface area contributed by atoms with E-state index >= 15 is 0 Å². The lowest BCUT2D eigenvalue weighted by Crippen LogP contribution is -2.48. The summed E-state index contributed by atoms with van der Waals surface area (Å²) in [6.45, 7) is 0.646. The number of fused-ring (bicyclic) bond motifs is 3. The molecule has 4 aromatic rings. The second kappa shape index (κ2) is 8.51. The highest BCUT2D eigenvalue weighted by molar-refractivity contribution is 6.02. The van der Waals surface area contributed by atoms with E-state index in [-0.39, 0.29) is 17.9 Å². The van der Waals surface area contributed by atoms with Gasteiger partial charge in [0.05, 0.1) is 18.5 Å². The van der Waals surface area contributed by atoms with Gasteiger partial charge in [0.2, 0.25) is 5.91 Å². The number of aromatic nitrogens is 1. The molecule has 2 aliphatic rings. The fourth-order valence-corrected chi connectivity index (χ4v) is 5.17. The number of hydrogen-bond donors (Lipinski definition) is 2. The first-order valence-corrected chi connectivity index (χ1v) is 11.7. The minimum Gasteiger partial charge on any atom is -0.486 e. The summed E-state index contributed by atoms with van der Waals surface area (Å²) in [5, 5.41) is 4.07. The zero-order valence-electron chi connectivity index (χ0n) is 19.2. The van der Waals surface area contributed by atoms with Crippen LogP contribution in [-0.2, 0) is 4.79 Å². The summed E-state index contributed by atoms with van der Waals surface area (Å²) in [7, 11) is 1.76. The molecule has 35 heavy (non-hydrogen) atoms. The van der Waals surface area contributed by atoms with Gasteiger partial charge < -0.3 is 24.7 Å². The number of carbonyl (C=O) groups is 2. The predicted molar refractivity (Wildman–Crippen MR) is 132 cm³/mol. The lowest BCUT2D eigenvalue weighted by atomic mass is 9.79. The Kier molecular flexibility index (Phi) is 5.17. The van der Waals surface area contributed by atoms with E-state index in [1.54, 1.807) is 18.0 Å². The maximum Gasteiger partial charge on any atom is 0.254 e. The average molecular weight is 468 g/mol. The summed E-state index contributed by atoms with van der Waals surface area (Å²) in [5.41, 5.74) is 3.16. The van der Waals surface area contributed by atoms with Crippen LogP contribution in [0.5, 0.6) is 11.5 Å². The number of ether oxygens (including phenoxy) is 2. The summed E-state index contributed by atoms with van der Waals surface area (Å²) in [6, 6.07) is 22.3. The molecule has 3 atom stereocenters. The number of carbonyl (C=O) groups excluding carboxylic acids is 2. The van der Waals surface area contributed by atoms with Gasteiger partial charge in [-0.05, 0) is 29.8 Å². The second-order valence-electron chi connectivity index (χ2n) is 8.96. The van der Waals surface area contributed by atoms with Gasteiger partial charge in [0.15, 0.2) is 11.5 Å². The van der Waals surface area contributed by atoms with Crippen molar-refractivity contribution < 1.29 is 19.1 Å². The number of amides is 2. The van der Waals surface area contributed by atoms with Crippen LogP contribution in [0.3, 0.4) is 0 Å². The Hall–Kier alpha value is -4.26. The van der Waals surface area contributed by atoms with Crippen molar-refractivity contribution in [1.82, 2.24) is 15.2 Å². The quantitative estimate of drug-likeness (QED) is 0.475. The number of nitrogens with one attached hydrogen (secondary N) is 2. The molecular formula is C28H25N3O4. The Morgan fingerprint density at radius 2 is 1.74 bits per heavy atom. The third kappa shape index (κ3) is 3.60. The first kappa shape index (κ1) is 21.3. The van der Waals surface area contributed by atoms with E-state index in [1.807, 2.05) is 72.9 Å². The molecule has 6 rings (SSSR count). The number of aromatic amines is 1. The van der Waals surface area contributed by atoms with Crippen LogP contribution < -0.4 is 14.8 Å². The van der Waals surface area contributed by atoms with Crippen LogP contribution in [0.2, 0.25) is 0 Å². The van der Waals surface area contributed by atoms with Gasteiger partial charge in [0.1, 0.15) is 12.7 Å². The lowest BCUT2D eigenvalue weighted by Gasteiger charge is -2.39. The number of benzene rings is 3. The third-order valence-electron chi connectivity index (χ3n) is 6.87. The van der Waals surface area contributed by atoms with Gasteiger partial charge in [-0.2, -0.15) is 0 Å². The minimum atomic E-state index is -0.579. The van der Waals surface area contributed by atoms with E-state index in [0.717, 1.165) is 22.0 Å². The van der Waals surface area contributed by atoms with Gasteiger partial charge in [-0.1, -0.05) is 48.5 Å². The van der Waals surface area contributed by atoms with Gasteiger partial charge in [0, 0.05) is 35.3 Å². The topological polar surface area (TPSA) is 83.7 Å². The van der Waals surface area contributed by atoms with Crippen LogP contribution in [0.4, 0.5) is 0 Å². The van der Waals surface area contributed by atoms with Crippen molar-refractivity contribution in [2.24, 2.45) is 0 Å². The molecule has 3 unspecified atom stereocenters. The van der Waals surface area contributed by atoms with Gasteiger partial charge in [-0.15, -0.1) is 0 Å². The lowest BCUT2D eigenvalue weighted by molar-refractivity contribution is -0.124. The van der Waals surface area contributed by atoms with E-state index in [0.29, 0.717) is 30.2 Å². The molecule has 2 aliphatic heterocycles. The van der Waals surface area contributed by atoms with E-state index in [4.69, 9.17) is 9.47 Å². The van der Waals surface area contributed by atoms with E-state index in [2.05, 4.69) is 10.3 Å². The highest BCUT2D eigenvalue weighted by Gasteiger charge is 2.43. The number of H-pyrrole nitrogens is 1. The van der Waals surface area contributed by atoms with Crippen LogP contribution in [0.25, 0.3) is 10.9 Å². The summed E-state index contributed by atoms with van der Waals surface area (Å²) in [5.74, 6) is 0.541. The van der Waals surface area contributed by atoms with Gasteiger partial charge in [-0.25, -0.2) is 0 Å². The Labute approximate surface area is 202 Å². The van der Waals surface area contributed by atoms with Gasteiger partial charge in [-0.3, -0.25) is 9.59 Å². The molecule has 7 heteroatoms. The Morgan fingerprint density at radius 3 is 2.63 bits per heavy atom.